The van der Waals surface area contributed by atoms with Gasteiger partial charge in [0.25, 0.3) is 5.91 Å². The molecule has 0 aliphatic carbocycles. The van der Waals surface area contributed by atoms with Crippen LogP contribution in [0.1, 0.15) is 21.7 Å². The van der Waals surface area contributed by atoms with E-state index in [9.17, 15) is 4.79 Å². The first-order valence-electron chi connectivity index (χ1n) is 7.86. The number of nitrogens with one attached hydrogen (secondary N) is 1. The topological polar surface area (TPSA) is 71.7 Å². The minimum Gasteiger partial charge on any atom is -0.497 e. The van der Waals surface area contributed by atoms with Crippen molar-refractivity contribution in [2.75, 3.05) is 12.4 Å². The SMILES string of the molecule is COc1ccc(C(=O)Nc2cc(-c3ccc(CO)o3)ccc2C)cc1. The van der Waals surface area contributed by atoms with Crippen molar-refractivity contribution in [3.05, 3.63) is 71.5 Å². The molecule has 2 aromatic carbocycles. The number of ether oxygens (including phenoxy) is 1. The molecule has 3 aromatic rings. The number of aryl methyl sites for hydroxylation is 1. The van der Waals surface area contributed by atoms with Gasteiger partial charge in [-0.2, -0.15) is 0 Å². The molecule has 1 aromatic heterocycles. The predicted molar refractivity (Wildman–Crippen MR) is 95.8 cm³/mol. The van der Waals surface area contributed by atoms with E-state index in [1.54, 1.807) is 43.5 Å². The van der Waals surface area contributed by atoms with Crippen molar-refractivity contribution in [2.45, 2.75) is 13.5 Å². The molecule has 1 heterocycles. The van der Waals surface area contributed by atoms with Gasteiger partial charge in [0.2, 0.25) is 0 Å². The van der Waals surface area contributed by atoms with E-state index >= 15 is 0 Å². The van der Waals surface area contributed by atoms with E-state index in [-0.39, 0.29) is 12.5 Å². The van der Waals surface area contributed by atoms with Gasteiger partial charge in [0.05, 0.1) is 7.11 Å². The molecule has 0 saturated heterocycles. The first-order chi connectivity index (χ1) is 12.1. The van der Waals surface area contributed by atoms with Crippen molar-refractivity contribution >= 4 is 11.6 Å². The third kappa shape index (κ3) is 3.72. The van der Waals surface area contributed by atoms with E-state index in [2.05, 4.69) is 5.32 Å². The zero-order valence-corrected chi connectivity index (χ0v) is 14.1. The molecule has 0 spiro atoms. The Bertz CT molecular complexity index is 881. The highest BCUT2D eigenvalue weighted by Crippen LogP contribution is 2.27. The van der Waals surface area contributed by atoms with E-state index < -0.39 is 0 Å². The number of carbonyl (C=O) groups is 1. The van der Waals surface area contributed by atoms with Gasteiger partial charge in [-0.05, 0) is 55.0 Å². The summed E-state index contributed by atoms with van der Waals surface area (Å²) in [5.41, 5.74) is 3.03. The van der Waals surface area contributed by atoms with Gasteiger partial charge in [-0.15, -0.1) is 0 Å². The number of carbonyl (C=O) groups excluding carboxylic acids is 1. The number of amides is 1. The lowest BCUT2D eigenvalue weighted by Crippen LogP contribution is -2.12. The van der Waals surface area contributed by atoms with Crippen LogP contribution in [0.15, 0.2) is 59.0 Å². The van der Waals surface area contributed by atoms with Crippen LogP contribution in [0.4, 0.5) is 5.69 Å². The molecular formula is C20H19NO4. The first kappa shape index (κ1) is 16.8. The molecule has 0 radical (unpaired) electrons. The molecule has 5 heteroatoms. The maximum atomic E-state index is 12.5. The summed E-state index contributed by atoms with van der Waals surface area (Å²) in [4.78, 5) is 12.5. The minimum absolute atomic E-state index is 0.146. The van der Waals surface area contributed by atoms with Crippen LogP contribution in [-0.2, 0) is 6.61 Å². The van der Waals surface area contributed by atoms with Crippen molar-refractivity contribution in [3.63, 3.8) is 0 Å². The Morgan fingerprint density at radius 2 is 1.88 bits per heavy atom. The van der Waals surface area contributed by atoms with Gasteiger partial charge in [0.15, 0.2) is 0 Å². The summed E-state index contributed by atoms with van der Waals surface area (Å²) < 4.78 is 10.7. The van der Waals surface area contributed by atoms with Crippen LogP contribution in [0, 0.1) is 6.92 Å². The average Bonchev–Trinajstić information content (AvgIpc) is 3.12. The van der Waals surface area contributed by atoms with Crippen molar-refractivity contribution in [2.24, 2.45) is 0 Å². The van der Waals surface area contributed by atoms with Gasteiger partial charge < -0.3 is 19.6 Å². The van der Waals surface area contributed by atoms with Crippen LogP contribution >= 0.6 is 0 Å². The number of methoxy groups -OCH3 is 1. The second kappa shape index (κ2) is 7.23. The summed E-state index contributed by atoms with van der Waals surface area (Å²) in [5, 5.41) is 12.0. The Hall–Kier alpha value is -3.05. The Morgan fingerprint density at radius 3 is 2.52 bits per heavy atom. The van der Waals surface area contributed by atoms with Gasteiger partial charge in [-0.3, -0.25) is 4.79 Å². The van der Waals surface area contributed by atoms with E-state index in [1.807, 2.05) is 25.1 Å². The molecule has 0 aliphatic rings. The summed E-state index contributed by atoms with van der Waals surface area (Å²) in [6.07, 6.45) is 0. The number of hydrogen-bond donors (Lipinski definition) is 2. The maximum absolute atomic E-state index is 12.5. The molecule has 0 unspecified atom stereocenters. The maximum Gasteiger partial charge on any atom is 0.255 e. The summed E-state index contributed by atoms with van der Waals surface area (Å²) in [6.45, 7) is 1.78. The van der Waals surface area contributed by atoms with Gasteiger partial charge in [0, 0.05) is 16.8 Å². The first-order valence-corrected chi connectivity index (χ1v) is 7.86. The third-order valence-corrected chi connectivity index (χ3v) is 3.94. The molecule has 0 saturated carbocycles. The van der Waals surface area contributed by atoms with Crippen LogP contribution in [0.2, 0.25) is 0 Å². The molecule has 0 fully saturated rings. The number of furan rings is 1. The van der Waals surface area contributed by atoms with Crippen molar-refractivity contribution < 1.29 is 19.1 Å². The standard InChI is InChI=1S/C20H19NO4/c1-13-3-4-15(19-10-9-17(12-22)25-19)11-18(13)21-20(23)14-5-7-16(24-2)8-6-14/h3-11,22H,12H2,1-2H3,(H,21,23). The number of aliphatic hydroxyl groups is 1. The van der Waals surface area contributed by atoms with Crippen LogP contribution in [-0.4, -0.2) is 18.1 Å². The number of aliphatic hydroxyl groups excluding tert-OH is 1. The molecule has 25 heavy (non-hydrogen) atoms. The summed E-state index contributed by atoms with van der Waals surface area (Å²) >= 11 is 0. The minimum atomic E-state index is -0.196. The highest BCUT2D eigenvalue weighted by Gasteiger charge is 2.11. The zero-order chi connectivity index (χ0) is 17.8. The van der Waals surface area contributed by atoms with Crippen LogP contribution in [0.25, 0.3) is 11.3 Å². The Balaban J connectivity index is 1.83. The smallest absolute Gasteiger partial charge is 0.255 e. The molecule has 0 aliphatic heterocycles. The summed E-state index contributed by atoms with van der Waals surface area (Å²) in [6, 6.07) is 16.1. The van der Waals surface area contributed by atoms with Crippen LogP contribution in [0.3, 0.4) is 0 Å². The Morgan fingerprint density at radius 1 is 1.12 bits per heavy atom. The predicted octanol–water partition coefficient (Wildman–Crippen LogP) is 4.01. The lowest BCUT2D eigenvalue weighted by atomic mass is 10.1. The zero-order valence-electron chi connectivity index (χ0n) is 14.1. The van der Waals surface area contributed by atoms with Gasteiger partial charge >= 0.3 is 0 Å². The normalized spacial score (nSPS) is 10.5. The highest BCUT2D eigenvalue weighted by molar-refractivity contribution is 6.05. The molecule has 5 nitrogen and oxygen atoms in total. The third-order valence-electron chi connectivity index (χ3n) is 3.94. The van der Waals surface area contributed by atoms with E-state index in [1.165, 1.54) is 0 Å². The van der Waals surface area contributed by atoms with Crippen LogP contribution in [0.5, 0.6) is 5.75 Å². The monoisotopic (exact) mass is 337 g/mol. The molecule has 3 rings (SSSR count). The molecule has 1 amide bonds. The quantitative estimate of drug-likeness (QED) is 0.738. The van der Waals surface area contributed by atoms with Gasteiger partial charge in [-0.1, -0.05) is 12.1 Å². The molecule has 2 N–H and O–H groups in total. The molecular weight excluding hydrogens is 318 g/mol. The molecule has 0 atom stereocenters. The van der Waals surface area contributed by atoms with E-state index in [4.69, 9.17) is 14.3 Å². The second-order valence-electron chi connectivity index (χ2n) is 5.64. The fraction of sp³-hybridized carbons (Fsp3) is 0.150. The molecule has 0 bridgehead atoms. The number of hydrogen-bond acceptors (Lipinski definition) is 4. The lowest BCUT2D eigenvalue weighted by Gasteiger charge is -2.10. The Kier molecular flexibility index (Phi) is 4.86. The highest BCUT2D eigenvalue weighted by atomic mass is 16.5. The summed E-state index contributed by atoms with van der Waals surface area (Å²) in [7, 11) is 1.58. The number of benzene rings is 2. The van der Waals surface area contributed by atoms with Crippen molar-refractivity contribution in [1.82, 2.24) is 0 Å². The number of rotatable bonds is 5. The van der Waals surface area contributed by atoms with Gasteiger partial charge in [0.1, 0.15) is 23.9 Å². The number of anilines is 1. The fourth-order valence-electron chi connectivity index (χ4n) is 2.46. The van der Waals surface area contributed by atoms with E-state index in [0.717, 1.165) is 11.1 Å². The second-order valence-corrected chi connectivity index (χ2v) is 5.64. The lowest BCUT2D eigenvalue weighted by molar-refractivity contribution is 0.102. The van der Waals surface area contributed by atoms with Crippen LogP contribution < -0.4 is 10.1 Å². The van der Waals surface area contributed by atoms with E-state index in [0.29, 0.717) is 28.5 Å². The Labute approximate surface area is 145 Å². The average molecular weight is 337 g/mol. The molecule has 128 valence electrons. The fourth-order valence-corrected chi connectivity index (χ4v) is 2.46. The summed E-state index contributed by atoms with van der Waals surface area (Å²) in [5.74, 6) is 1.65. The van der Waals surface area contributed by atoms with Crippen molar-refractivity contribution in [1.29, 1.82) is 0 Å². The largest absolute Gasteiger partial charge is 0.497 e. The van der Waals surface area contributed by atoms with Crippen molar-refractivity contribution in [3.8, 4) is 17.1 Å². The van der Waals surface area contributed by atoms with Gasteiger partial charge in [-0.25, -0.2) is 0 Å².